The minimum atomic E-state index is -4.37. The number of quaternary nitrogens is 1. The highest BCUT2D eigenvalue weighted by Gasteiger charge is 2.27. The van der Waals surface area contributed by atoms with Gasteiger partial charge in [0.15, 0.2) is 0 Å². The first-order valence-electron chi connectivity index (χ1n) is 32.1. The molecule has 3 unspecified atom stereocenters. The molecule has 0 aromatic carbocycles. The molecule has 0 fully saturated rings. The van der Waals surface area contributed by atoms with E-state index in [1.54, 1.807) is 6.08 Å². The Kier molecular flexibility index (Phi) is 56.7. The van der Waals surface area contributed by atoms with Crippen molar-refractivity contribution < 1.29 is 32.9 Å². The third-order valence-electron chi connectivity index (χ3n) is 13.6. The van der Waals surface area contributed by atoms with Crippen LogP contribution in [0.5, 0.6) is 0 Å². The number of aliphatic hydroxyl groups excluding tert-OH is 1. The zero-order chi connectivity index (χ0) is 57.7. The smallest absolute Gasteiger partial charge is 0.387 e. The van der Waals surface area contributed by atoms with Crippen LogP contribution in [-0.2, 0) is 18.4 Å². The van der Waals surface area contributed by atoms with Gasteiger partial charge in [-0.15, -0.1) is 0 Å². The topological polar surface area (TPSA) is 105 Å². The summed E-state index contributed by atoms with van der Waals surface area (Å²) in [7, 11) is 1.54. The van der Waals surface area contributed by atoms with Crippen molar-refractivity contribution in [2.24, 2.45) is 0 Å². The molecule has 0 bridgehead atoms. The molecule has 0 aromatic heterocycles. The lowest BCUT2D eigenvalue weighted by molar-refractivity contribution is -0.870. The van der Waals surface area contributed by atoms with E-state index in [9.17, 15) is 19.4 Å². The van der Waals surface area contributed by atoms with E-state index in [0.29, 0.717) is 17.4 Å². The van der Waals surface area contributed by atoms with Crippen molar-refractivity contribution in [1.29, 1.82) is 0 Å². The number of allylic oxidation sites excluding steroid dienone is 21. The van der Waals surface area contributed by atoms with Crippen molar-refractivity contribution in [3.05, 3.63) is 134 Å². The van der Waals surface area contributed by atoms with Gasteiger partial charge in [0.2, 0.25) is 5.91 Å². The number of unbranched alkanes of at least 4 members (excludes halogenated alkanes) is 24. The predicted octanol–water partition coefficient (Wildman–Crippen LogP) is 20.3. The van der Waals surface area contributed by atoms with E-state index in [-0.39, 0.29) is 19.1 Å². The van der Waals surface area contributed by atoms with Gasteiger partial charge >= 0.3 is 7.82 Å². The van der Waals surface area contributed by atoms with Gasteiger partial charge in [0.05, 0.1) is 39.9 Å². The highest BCUT2D eigenvalue weighted by molar-refractivity contribution is 7.47. The van der Waals surface area contributed by atoms with Gasteiger partial charge in [-0.1, -0.05) is 282 Å². The maximum Gasteiger partial charge on any atom is 0.472 e. The van der Waals surface area contributed by atoms with Crippen LogP contribution >= 0.6 is 7.82 Å². The summed E-state index contributed by atoms with van der Waals surface area (Å²) < 4.78 is 23.7. The van der Waals surface area contributed by atoms with E-state index in [1.165, 1.54) is 116 Å². The summed E-state index contributed by atoms with van der Waals surface area (Å²) in [5, 5.41) is 14.0. The van der Waals surface area contributed by atoms with Crippen molar-refractivity contribution in [1.82, 2.24) is 5.32 Å². The Balaban J connectivity index is 4.26. The standard InChI is InChI=1S/C70H121N2O6P/c1-6-8-10-12-14-16-18-20-22-24-26-28-30-31-32-33-34-35-36-37-38-39-40-41-42-44-46-48-50-52-54-56-58-60-62-64-70(74)71-68(67-78-79(75,76)77-66-65-72(3,4)5)69(73)63-61-59-57-55-53-51-49-47-45-43-29-27-25-23-21-19-17-15-13-11-9-7-2/h8,10,14,16,20,22,26,28,31-32,34-35,37-38,40-41,44,46,50,52,61,63,68-69,73H,6-7,9,11-13,15,17-19,21,23-25,27,29-30,33,36,39,42-43,45,47-49,51,53-60,62,64-67H2,1-5H3,(H-,71,74,75,76)/p+1/b10-8-,16-14-,22-20-,28-26-,32-31-,35-34-,38-37-,41-40-,46-44-,52-50-,63-61+. The highest BCUT2D eigenvalue weighted by atomic mass is 31.2. The molecule has 0 aromatic rings. The van der Waals surface area contributed by atoms with Gasteiger partial charge in [0.1, 0.15) is 13.2 Å². The number of phosphoric acid groups is 1. The number of hydrogen-bond acceptors (Lipinski definition) is 5. The van der Waals surface area contributed by atoms with Crippen molar-refractivity contribution in [2.45, 2.75) is 264 Å². The van der Waals surface area contributed by atoms with Crippen molar-refractivity contribution >= 4 is 13.7 Å². The highest BCUT2D eigenvalue weighted by Crippen LogP contribution is 2.43. The molecule has 0 aliphatic heterocycles. The summed E-state index contributed by atoms with van der Waals surface area (Å²) in [5.74, 6) is -0.205. The largest absolute Gasteiger partial charge is 0.472 e. The van der Waals surface area contributed by atoms with Crippen LogP contribution in [0.15, 0.2) is 134 Å². The second-order valence-corrected chi connectivity index (χ2v) is 23.9. The Morgan fingerprint density at radius 1 is 0.443 bits per heavy atom. The summed E-state index contributed by atoms with van der Waals surface area (Å²) in [6.07, 6.45) is 89.9. The second-order valence-electron chi connectivity index (χ2n) is 22.4. The van der Waals surface area contributed by atoms with Gasteiger partial charge in [-0.25, -0.2) is 4.57 Å². The molecule has 0 rings (SSSR count). The summed E-state index contributed by atoms with van der Waals surface area (Å²) >= 11 is 0. The first-order valence-corrected chi connectivity index (χ1v) is 33.6. The van der Waals surface area contributed by atoms with Crippen LogP contribution in [0.25, 0.3) is 0 Å². The normalized spacial score (nSPS) is 14.7. The number of likely N-dealkylation sites (N-methyl/N-ethyl adjacent to an activating group) is 1. The first-order chi connectivity index (χ1) is 38.5. The zero-order valence-corrected chi connectivity index (χ0v) is 52.5. The summed E-state index contributed by atoms with van der Waals surface area (Å²) in [4.78, 5) is 23.4. The van der Waals surface area contributed by atoms with Crippen LogP contribution < -0.4 is 5.32 Å². The number of aliphatic hydroxyl groups is 1. The molecule has 0 heterocycles. The van der Waals surface area contributed by atoms with E-state index in [4.69, 9.17) is 9.05 Å². The first kappa shape index (κ1) is 75.6. The number of hydrogen-bond donors (Lipinski definition) is 3. The molecular formula is C70H122N2O6P+. The van der Waals surface area contributed by atoms with Crippen LogP contribution in [0.3, 0.4) is 0 Å². The van der Waals surface area contributed by atoms with Gasteiger partial charge in [0.25, 0.3) is 0 Å². The lowest BCUT2D eigenvalue weighted by atomic mass is 10.0. The molecule has 0 saturated carbocycles. The SMILES string of the molecule is CC/C=C\C/C=C\C/C=C\C/C=C\C/C=C\C/C=C\C/C=C\C/C=C\C/C=C\C/C=C\CCCCCCC(=O)NC(COP(=O)(O)OCC[N+](C)(C)C)C(O)/C=C/CCCCCCCCCCCCCCCCCCCCCC. The molecule has 3 N–H and O–H groups in total. The Morgan fingerprint density at radius 2 is 0.759 bits per heavy atom. The number of amides is 1. The van der Waals surface area contributed by atoms with Crippen LogP contribution in [0, 0.1) is 0 Å². The fraction of sp³-hybridized carbons (Fsp3) is 0.671. The third-order valence-corrected chi connectivity index (χ3v) is 14.6. The molecule has 0 saturated heterocycles. The predicted molar refractivity (Wildman–Crippen MR) is 345 cm³/mol. The fourth-order valence-corrected chi connectivity index (χ4v) is 9.39. The average Bonchev–Trinajstić information content (AvgIpc) is 3.42. The molecule has 0 aliphatic carbocycles. The van der Waals surface area contributed by atoms with Crippen molar-refractivity contribution in [3.63, 3.8) is 0 Å². The number of rotatable bonds is 57. The molecule has 0 aliphatic rings. The van der Waals surface area contributed by atoms with Crippen LogP contribution in [0.1, 0.15) is 251 Å². The Morgan fingerprint density at radius 3 is 1.11 bits per heavy atom. The number of carbonyl (C=O) groups excluding carboxylic acids is 1. The lowest BCUT2D eigenvalue weighted by Crippen LogP contribution is -2.45. The van der Waals surface area contributed by atoms with Gasteiger partial charge < -0.3 is 19.8 Å². The maximum atomic E-state index is 13.0. The summed E-state index contributed by atoms with van der Waals surface area (Å²) in [6, 6.07) is -0.872. The number of nitrogens with one attached hydrogen (secondary N) is 1. The molecule has 9 heteroatoms. The molecule has 0 spiro atoms. The zero-order valence-electron chi connectivity index (χ0n) is 51.6. The molecule has 1 amide bonds. The van der Waals surface area contributed by atoms with E-state index in [2.05, 4.69) is 141 Å². The minimum Gasteiger partial charge on any atom is -0.387 e. The molecule has 8 nitrogen and oxygen atoms in total. The van der Waals surface area contributed by atoms with Gasteiger partial charge in [-0.2, -0.15) is 0 Å². The Hall–Kier alpha value is -3.36. The molecular weight excluding hydrogens is 996 g/mol. The van der Waals surface area contributed by atoms with Crippen molar-refractivity contribution in [3.8, 4) is 0 Å². The number of carbonyl (C=O) groups is 1. The fourth-order valence-electron chi connectivity index (χ4n) is 8.66. The Bertz CT molecular complexity index is 1750. The average molecular weight is 1120 g/mol. The molecule has 79 heavy (non-hydrogen) atoms. The van der Waals surface area contributed by atoms with Crippen LogP contribution in [0.4, 0.5) is 0 Å². The molecule has 452 valence electrons. The van der Waals surface area contributed by atoms with E-state index >= 15 is 0 Å². The monoisotopic (exact) mass is 1120 g/mol. The van der Waals surface area contributed by atoms with Gasteiger partial charge in [0, 0.05) is 6.42 Å². The maximum absolute atomic E-state index is 13.0. The lowest BCUT2D eigenvalue weighted by Gasteiger charge is -2.25. The Labute approximate surface area is 487 Å². The number of phosphoric ester groups is 1. The summed E-state index contributed by atoms with van der Waals surface area (Å²) in [6.45, 7) is 4.69. The van der Waals surface area contributed by atoms with Gasteiger partial charge in [-0.05, 0) is 96.3 Å². The molecule has 3 atom stereocenters. The van der Waals surface area contributed by atoms with E-state index in [0.717, 1.165) is 116 Å². The second kappa shape index (κ2) is 59.3. The van der Waals surface area contributed by atoms with Gasteiger partial charge in [-0.3, -0.25) is 13.8 Å². The van der Waals surface area contributed by atoms with Crippen LogP contribution in [-0.4, -0.2) is 73.4 Å². The quantitative estimate of drug-likeness (QED) is 0.0243. The van der Waals surface area contributed by atoms with E-state index < -0.39 is 20.0 Å². The number of nitrogens with zero attached hydrogens (tertiary/aromatic N) is 1. The van der Waals surface area contributed by atoms with Crippen molar-refractivity contribution in [2.75, 3.05) is 40.9 Å². The molecule has 0 radical (unpaired) electrons. The summed E-state index contributed by atoms with van der Waals surface area (Å²) in [5.41, 5.74) is 0. The van der Waals surface area contributed by atoms with E-state index in [1.807, 2.05) is 27.2 Å². The van der Waals surface area contributed by atoms with Crippen LogP contribution in [0.2, 0.25) is 0 Å². The third kappa shape index (κ3) is 62.1. The minimum absolute atomic E-state index is 0.0493.